The van der Waals surface area contributed by atoms with Crippen molar-refractivity contribution in [3.8, 4) is 33.4 Å². The average molecular weight is 602 g/mol. The Morgan fingerprint density at radius 1 is 0.600 bits per heavy atom. The number of benzene rings is 4. The molecule has 0 bridgehead atoms. The minimum atomic E-state index is 0.841. The van der Waals surface area contributed by atoms with E-state index in [1.165, 1.54) is 60.9 Å². The Morgan fingerprint density at radius 3 is 1.74 bits per heavy atom. The molecule has 0 aromatic heterocycles. The van der Waals surface area contributed by atoms with E-state index in [0.29, 0.717) is 0 Å². The molecule has 0 nitrogen and oxygen atoms in total. The van der Waals surface area contributed by atoms with Crippen LogP contribution in [0.4, 0.5) is 0 Å². The molecule has 0 atom stereocenters. The van der Waals surface area contributed by atoms with Crippen molar-refractivity contribution in [2.45, 2.75) is 27.7 Å². The lowest BCUT2D eigenvalue weighted by Gasteiger charge is -2.22. The Kier molecular flexibility index (Phi) is 7.59. The minimum Gasteiger partial charge on any atom is -0.101 e. The molecular formula is C28H27B4Br2Cl. The topological polar surface area (TPSA) is 0 Å². The van der Waals surface area contributed by atoms with E-state index >= 15 is 0 Å². The van der Waals surface area contributed by atoms with Crippen molar-refractivity contribution in [2.75, 3.05) is 0 Å². The summed E-state index contributed by atoms with van der Waals surface area (Å²) in [4.78, 5) is 0. The Hall–Kier alpha value is -1.61. The van der Waals surface area contributed by atoms with Gasteiger partial charge in [0.05, 0.1) is 0 Å². The molecule has 7 heteroatoms. The van der Waals surface area contributed by atoms with E-state index in [4.69, 9.17) is 11.6 Å². The van der Waals surface area contributed by atoms with Crippen molar-refractivity contribution in [3.05, 3.63) is 78.7 Å². The highest BCUT2D eigenvalue weighted by molar-refractivity contribution is 9.11. The van der Waals surface area contributed by atoms with E-state index in [0.717, 1.165) is 30.6 Å². The third-order valence-corrected chi connectivity index (χ3v) is 10.1. The maximum Gasteiger partial charge on any atom is 0.140 e. The fourth-order valence-corrected chi connectivity index (χ4v) is 6.72. The van der Waals surface area contributed by atoms with Gasteiger partial charge in [-0.25, -0.2) is 0 Å². The van der Waals surface area contributed by atoms with Crippen LogP contribution in [0.15, 0.2) is 51.4 Å². The standard InChI is InChI=1S/C28H27B4Br2Cl/c1-12-13(2)15(4)27(34)21(14(12)3)17-9-16(19-7-5-6-8-20(19)33)10-18(11-17)22-23(29)24(30)25(31)26(32)28(22)35/h5-11H,29-32H2,1-4H3. The number of rotatable bonds is 3. The summed E-state index contributed by atoms with van der Waals surface area (Å²) in [5.41, 5.74) is 17.2. The number of halogens is 3. The molecule has 0 aliphatic carbocycles. The first-order valence-corrected chi connectivity index (χ1v) is 13.8. The Labute approximate surface area is 235 Å². The fourth-order valence-electron chi connectivity index (χ4n) is 4.99. The van der Waals surface area contributed by atoms with E-state index < -0.39 is 0 Å². The van der Waals surface area contributed by atoms with E-state index in [-0.39, 0.29) is 0 Å². The third-order valence-electron chi connectivity index (χ3n) is 7.92. The maximum absolute atomic E-state index is 7.05. The molecular weight excluding hydrogens is 575 g/mol. The molecule has 4 aromatic rings. The number of hydrogen-bond donors (Lipinski definition) is 0. The summed E-state index contributed by atoms with van der Waals surface area (Å²) in [6, 6.07) is 15.3. The lowest BCUT2D eigenvalue weighted by atomic mass is 9.64. The zero-order chi connectivity index (χ0) is 25.8. The van der Waals surface area contributed by atoms with Gasteiger partial charge in [0, 0.05) is 14.0 Å². The summed E-state index contributed by atoms with van der Waals surface area (Å²) in [5.74, 6) is 0. The van der Waals surface area contributed by atoms with E-state index in [9.17, 15) is 0 Å². The highest BCUT2D eigenvalue weighted by Gasteiger charge is 2.20. The van der Waals surface area contributed by atoms with Gasteiger partial charge in [-0.3, -0.25) is 0 Å². The van der Waals surface area contributed by atoms with Crippen molar-refractivity contribution in [1.29, 1.82) is 0 Å². The van der Waals surface area contributed by atoms with Crippen LogP contribution >= 0.6 is 43.5 Å². The normalized spacial score (nSPS) is 11.2. The van der Waals surface area contributed by atoms with Gasteiger partial charge in [-0.15, -0.1) is 10.9 Å². The summed E-state index contributed by atoms with van der Waals surface area (Å²) in [6.07, 6.45) is 0. The fraction of sp³-hybridized carbons (Fsp3) is 0.143. The Balaban J connectivity index is 2.15. The highest BCUT2D eigenvalue weighted by Crippen LogP contribution is 2.42. The van der Waals surface area contributed by atoms with Crippen molar-refractivity contribution < 1.29 is 0 Å². The van der Waals surface area contributed by atoms with Crippen molar-refractivity contribution >= 4 is 96.7 Å². The summed E-state index contributed by atoms with van der Waals surface area (Å²) in [7, 11) is 8.67. The van der Waals surface area contributed by atoms with Crippen LogP contribution in [0.5, 0.6) is 0 Å². The molecule has 0 saturated heterocycles. The van der Waals surface area contributed by atoms with Gasteiger partial charge < -0.3 is 0 Å². The largest absolute Gasteiger partial charge is 0.140 e. The molecule has 0 radical (unpaired) electrons. The quantitative estimate of drug-likeness (QED) is 0.317. The zero-order valence-electron chi connectivity index (χ0n) is 21.7. The second kappa shape index (κ2) is 10.0. The first-order chi connectivity index (χ1) is 16.5. The van der Waals surface area contributed by atoms with E-state index in [2.05, 4.69) is 133 Å². The van der Waals surface area contributed by atoms with Gasteiger partial charge in [0.1, 0.15) is 31.4 Å². The lowest BCUT2D eigenvalue weighted by molar-refractivity contribution is 1.20. The monoisotopic (exact) mass is 600 g/mol. The molecule has 0 N–H and O–H groups in total. The smallest absolute Gasteiger partial charge is 0.101 e. The SMILES string of the molecule is Bc1c(B)c(B)c(-c2cc(-c3ccccc3Br)cc(-c3c(C)c(C)c(C)c(C)c3Br)c2)c(Cl)c1B. The van der Waals surface area contributed by atoms with Gasteiger partial charge in [-0.2, -0.15) is 0 Å². The Bertz CT molecular complexity index is 1370. The van der Waals surface area contributed by atoms with E-state index in [1.807, 2.05) is 0 Å². The van der Waals surface area contributed by atoms with Gasteiger partial charge in [0.25, 0.3) is 0 Å². The van der Waals surface area contributed by atoms with Crippen LogP contribution in [0.2, 0.25) is 5.02 Å². The third kappa shape index (κ3) is 4.52. The number of hydrogen-bond acceptors (Lipinski definition) is 0. The van der Waals surface area contributed by atoms with Gasteiger partial charge in [0.15, 0.2) is 0 Å². The molecule has 0 amide bonds. The van der Waals surface area contributed by atoms with Crippen molar-refractivity contribution in [2.24, 2.45) is 0 Å². The molecule has 172 valence electrons. The van der Waals surface area contributed by atoms with Crippen LogP contribution in [-0.2, 0) is 0 Å². The molecule has 0 spiro atoms. The van der Waals surface area contributed by atoms with Crippen molar-refractivity contribution in [1.82, 2.24) is 0 Å². The predicted octanol–water partition coefficient (Wildman–Crippen LogP) is 3.13. The van der Waals surface area contributed by atoms with Crippen LogP contribution < -0.4 is 21.9 Å². The van der Waals surface area contributed by atoms with Crippen LogP contribution in [0.3, 0.4) is 0 Å². The molecule has 0 heterocycles. The van der Waals surface area contributed by atoms with Crippen LogP contribution in [0.25, 0.3) is 33.4 Å². The van der Waals surface area contributed by atoms with Gasteiger partial charge in [0.2, 0.25) is 0 Å². The van der Waals surface area contributed by atoms with Gasteiger partial charge in [-0.05, 0) is 124 Å². The molecule has 0 saturated carbocycles. The van der Waals surface area contributed by atoms with Crippen LogP contribution in [0.1, 0.15) is 22.3 Å². The Morgan fingerprint density at radius 2 is 1.11 bits per heavy atom. The molecule has 0 aliphatic heterocycles. The minimum absolute atomic E-state index is 0.841. The first kappa shape index (κ1) is 26.5. The molecule has 4 aromatic carbocycles. The van der Waals surface area contributed by atoms with Crippen LogP contribution in [-0.4, -0.2) is 31.4 Å². The summed E-state index contributed by atoms with van der Waals surface area (Å²) in [5, 5.41) is 0.841. The van der Waals surface area contributed by atoms with Gasteiger partial charge >= 0.3 is 0 Å². The highest BCUT2D eigenvalue weighted by atomic mass is 79.9. The summed E-state index contributed by atoms with van der Waals surface area (Å²) >= 11 is 14.8. The molecule has 4 rings (SSSR count). The van der Waals surface area contributed by atoms with Crippen molar-refractivity contribution in [3.63, 3.8) is 0 Å². The molecule has 35 heavy (non-hydrogen) atoms. The molecule has 0 aliphatic rings. The second-order valence-electron chi connectivity index (χ2n) is 9.66. The van der Waals surface area contributed by atoms with Gasteiger partial charge in [-0.1, -0.05) is 56.7 Å². The summed E-state index contributed by atoms with van der Waals surface area (Å²) in [6.45, 7) is 8.85. The predicted molar refractivity (Wildman–Crippen MR) is 175 cm³/mol. The van der Waals surface area contributed by atoms with Crippen LogP contribution in [0, 0.1) is 27.7 Å². The summed E-state index contributed by atoms with van der Waals surface area (Å²) < 4.78 is 2.24. The first-order valence-electron chi connectivity index (χ1n) is 11.9. The molecule has 0 unspecified atom stereocenters. The zero-order valence-corrected chi connectivity index (χ0v) is 25.6. The maximum atomic E-state index is 7.05. The van der Waals surface area contributed by atoms with E-state index in [1.54, 1.807) is 0 Å². The average Bonchev–Trinajstić information content (AvgIpc) is 2.84. The second-order valence-corrected chi connectivity index (χ2v) is 11.7. The molecule has 0 fully saturated rings. The lowest BCUT2D eigenvalue weighted by Crippen LogP contribution is -2.48.